The molecule has 0 spiro atoms. The number of anilines is 4. The van der Waals surface area contributed by atoms with Gasteiger partial charge in [0.25, 0.3) is 5.91 Å². The summed E-state index contributed by atoms with van der Waals surface area (Å²) in [5, 5.41) is 5.30. The van der Waals surface area contributed by atoms with E-state index in [0.29, 0.717) is 18.1 Å². The number of carbonyl (C=O) groups is 1. The zero-order valence-electron chi connectivity index (χ0n) is 16.4. The van der Waals surface area contributed by atoms with Gasteiger partial charge in [-0.1, -0.05) is 13.0 Å². The lowest BCUT2D eigenvalue weighted by Crippen LogP contribution is -2.20. The number of nitrogens with one attached hydrogen (secondary N) is 3. The van der Waals surface area contributed by atoms with Crippen LogP contribution in [0.1, 0.15) is 23.7 Å². The van der Waals surface area contributed by atoms with Crippen LogP contribution in [0.3, 0.4) is 0 Å². The van der Waals surface area contributed by atoms with Gasteiger partial charge in [-0.15, -0.1) is 0 Å². The number of amides is 1. The molecular weight excluding hydrogens is 428 g/mol. The summed E-state index contributed by atoms with van der Waals surface area (Å²) in [6.45, 7) is 1.64. The molecule has 2 aromatic heterocycles. The molecule has 0 unspecified atom stereocenters. The predicted molar refractivity (Wildman–Crippen MR) is 114 cm³/mol. The Morgan fingerprint density at radius 3 is 2.45 bits per heavy atom. The van der Waals surface area contributed by atoms with E-state index in [4.69, 9.17) is 0 Å². The molecule has 1 amide bonds. The molecule has 11 heteroatoms. The van der Waals surface area contributed by atoms with Gasteiger partial charge in [0.2, 0.25) is 10.0 Å². The second-order valence-electron chi connectivity index (χ2n) is 6.43. The van der Waals surface area contributed by atoms with Gasteiger partial charge in [-0.3, -0.25) is 9.52 Å². The topological polar surface area (TPSA) is 113 Å². The highest BCUT2D eigenvalue weighted by atomic mass is 32.2. The van der Waals surface area contributed by atoms with Crippen molar-refractivity contribution >= 4 is 38.9 Å². The van der Waals surface area contributed by atoms with Gasteiger partial charge < -0.3 is 10.6 Å². The van der Waals surface area contributed by atoms with E-state index in [9.17, 15) is 22.0 Å². The van der Waals surface area contributed by atoms with Gasteiger partial charge >= 0.3 is 0 Å². The van der Waals surface area contributed by atoms with Crippen molar-refractivity contribution in [3.8, 4) is 0 Å². The number of benzene rings is 1. The molecule has 0 radical (unpaired) electrons. The molecule has 0 saturated heterocycles. The first-order chi connectivity index (χ1) is 14.8. The van der Waals surface area contributed by atoms with Crippen molar-refractivity contribution in [2.45, 2.75) is 13.3 Å². The minimum absolute atomic E-state index is 0.187. The largest absolute Gasteiger partial charge is 0.325 e. The molecule has 0 atom stereocenters. The van der Waals surface area contributed by atoms with Crippen LogP contribution in [0, 0.1) is 11.6 Å². The maximum atomic E-state index is 14.7. The molecule has 0 aliphatic heterocycles. The lowest BCUT2D eigenvalue weighted by Gasteiger charge is -2.12. The average molecular weight is 447 g/mol. The zero-order valence-corrected chi connectivity index (χ0v) is 17.2. The van der Waals surface area contributed by atoms with Crippen molar-refractivity contribution in [3.63, 3.8) is 0 Å². The van der Waals surface area contributed by atoms with Gasteiger partial charge in [-0.05, 0) is 42.8 Å². The Morgan fingerprint density at radius 2 is 1.81 bits per heavy atom. The number of pyridine rings is 2. The third-order valence-corrected chi connectivity index (χ3v) is 5.48. The molecule has 3 N–H and O–H groups in total. The van der Waals surface area contributed by atoms with E-state index in [1.165, 1.54) is 12.3 Å². The molecule has 2 heterocycles. The van der Waals surface area contributed by atoms with Crippen molar-refractivity contribution < 1.29 is 22.0 Å². The summed E-state index contributed by atoms with van der Waals surface area (Å²) in [4.78, 5) is 20.7. The smallest absolute Gasteiger partial charge is 0.261 e. The Morgan fingerprint density at radius 1 is 1.03 bits per heavy atom. The molecule has 3 aromatic rings. The second kappa shape index (κ2) is 9.47. The fourth-order valence-corrected chi connectivity index (χ4v) is 3.76. The normalized spacial score (nSPS) is 11.1. The lowest BCUT2D eigenvalue weighted by atomic mass is 10.1. The van der Waals surface area contributed by atoms with Crippen LogP contribution in [0.2, 0.25) is 0 Å². The van der Waals surface area contributed by atoms with Gasteiger partial charge in [0.05, 0.1) is 23.3 Å². The fraction of sp³-hybridized carbons (Fsp3) is 0.150. The molecule has 8 nitrogen and oxygen atoms in total. The van der Waals surface area contributed by atoms with E-state index < -0.39 is 38.8 Å². The lowest BCUT2D eigenvalue weighted by molar-refractivity contribution is 0.101. The Hall–Kier alpha value is -3.60. The molecule has 0 saturated carbocycles. The molecule has 0 aliphatic carbocycles. The van der Waals surface area contributed by atoms with E-state index in [1.54, 1.807) is 37.4 Å². The molecule has 0 fully saturated rings. The molecule has 31 heavy (non-hydrogen) atoms. The van der Waals surface area contributed by atoms with Crippen molar-refractivity contribution in [1.82, 2.24) is 9.97 Å². The van der Waals surface area contributed by atoms with Crippen LogP contribution in [0.25, 0.3) is 0 Å². The highest BCUT2D eigenvalue weighted by Gasteiger charge is 2.23. The molecule has 162 valence electrons. The summed E-state index contributed by atoms with van der Waals surface area (Å²) in [7, 11) is -3.82. The number of hydrogen-bond acceptors (Lipinski definition) is 6. The number of rotatable bonds is 8. The average Bonchev–Trinajstić information content (AvgIpc) is 2.72. The first-order valence-electron chi connectivity index (χ1n) is 9.23. The molecule has 1 aromatic carbocycles. The maximum Gasteiger partial charge on any atom is 0.261 e. The van der Waals surface area contributed by atoms with Crippen LogP contribution >= 0.6 is 0 Å². The highest BCUT2D eigenvalue weighted by molar-refractivity contribution is 7.92. The second-order valence-corrected chi connectivity index (χ2v) is 8.27. The van der Waals surface area contributed by atoms with E-state index in [1.807, 2.05) is 4.72 Å². The minimum Gasteiger partial charge on any atom is -0.325 e. The molecule has 3 rings (SSSR count). The van der Waals surface area contributed by atoms with Crippen molar-refractivity contribution in [2.75, 3.05) is 21.1 Å². The molecular formula is C20H19F2N5O3S. The maximum absolute atomic E-state index is 14.7. The van der Waals surface area contributed by atoms with Crippen LogP contribution < -0.4 is 15.4 Å². The van der Waals surface area contributed by atoms with Gasteiger partial charge in [0.15, 0.2) is 5.82 Å². The van der Waals surface area contributed by atoms with Gasteiger partial charge in [-0.2, -0.15) is 0 Å². The van der Waals surface area contributed by atoms with Crippen molar-refractivity contribution in [2.24, 2.45) is 0 Å². The summed E-state index contributed by atoms with van der Waals surface area (Å²) in [6, 6.07) is 10.1. The number of carbonyl (C=O) groups excluding carboxylic acids is 1. The summed E-state index contributed by atoms with van der Waals surface area (Å²) < 4.78 is 54.7. The Balaban J connectivity index is 1.76. The Bertz CT molecular complexity index is 1170. The number of hydrogen-bond donors (Lipinski definition) is 3. The van der Waals surface area contributed by atoms with E-state index in [-0.39, 0.29) is 11.4 Å². The van der Waals surface area contributed by atoms with E-state index >= 15 is 0 Å². The minimum atomic E-state index is -3.82. The number of nitrogens with zero attached hydrogens (tertiary/aromatic N) is 2. The fourth-order valence-electron chi connectivity index (χ4n) is 2.63. The first-order valence-corrected chi connectivity index (χ1v) is 10.9. The van der Waals surface area contributed by atoms with Crippen LogP contribution in [-0.2, 0) is 10.0 Å². The van der Waals surface area contributed by atoms with Crippen LogP contribution in [0.4, 0.5) is 31.8 Å². The van der Waals surface area contributed by atoms with Crippen LogP contribution in [0.5, 0.6) is 0 Å². The van der Waals surface area contributed by atoms with E-state index in [2.05, 4.69) is 20.6 Å². The third kappa shape index (κ3) is 5.72. The van der Waals surface area contributed by atoms with Crippen molar-refractivity contribution in [1.29, 1.82) is 0 Å². The number of halogens is 2. The summed E-state index contributed by atoms with van der Waals surface area (Å²) >= 11 is 0. The first kappa shape index (κ1) is 22.1. The summed E-state index contributed by atoms with van der Waals surface area (Å²) in [6.07, 6.45) is 3.22. The van der Waals surface area contributed by atoms with Crippen molar-refractivity contribution in [3.05, 3.63) is 72.1 Å². The Kier molecular flexibility index (Phi) is 6.75. The van der Waals surface area contributed by atoms with Crippen LogP contribution in [0.15, 0.2) is 54.9 Å². The molecule has 0 bridgehead atoms. The SMILES string of the molecule is CCCS(=O)(=O)Nc1ccc(F)c(C(=O)Nc2ccc(Nc3ccccn3)nc2)c1F. The third-order valence-electron chi connectivity index (χ3n) is 4.00. The molecule has 0 aliphatic rings. The number of sulfonamides is 1. The van der Waals surface area contributed by atoms with Gasteiger partial charge in [-0.25, -0.2) is 27.2 Å². The standard InChI is InChI=1S/C20H19F2N5O3S/c1-2-11-31(29,30)27-15-8-7-14(21)18(19(15)22)20(28)25-13-6-9-17(24-12-13)26-16-5-3-4-10-23-16/h3-10,12,27H,2,11H2,1H3,(H,25,28)(H,23,24,26). The van der Waals surface area contributed by atoms with Gasteiger partial charge in [0, 0.05) is 6.20 Å². The summed E-state index contributed by atoms with van der Waals surface area (Å²) in [5.74, 6) is -2.75. The monoisotopic (exact) mass is 447 g/mol. The van der Waals surface area contributed by atoms with Crippen LogP contribution in [-0.4, -0.2) is 30.0 Å². The van der Waals surface area contributed by atoms with E-state index in [0.717, 1.165) is 12.1 Å². The quantitative estimate of drug-likeness (QED) is 0.483. The van der Waals surface area contributed by atoms with Gasteiger partial charge in [0.1, 0.15) is 23.0 Å². The number of aromatic nitrogens is 2. The Labute approximate surface area is 177 Å². The highest BCUT2D eigenvalue weighted by Crippen LogP contribution is 2.24. The predicted octanol–water partition coefficient (Wildman–Crippen LogP) is 3.90. The zero-order chi connectivity index (χ0) is 22.4. The summed E-state index contributed by atoms with van der Waals surface area (Å²) in [5.41, 5.74) is -1.23.